The SMILES string of the molecule is CC(=O)c1c(O)c(C=O)c2c(c1O)C=CC(C)(C)O2. The van der Waals surface area contributed by atoms with Crippen molar-refractivity contribution in [1.29, 1.82) is 0 Å². The molecule has 19 heavy (non-hydrogen) atoms. The Kier molecular flexibility index (Phi) is 2.85. The van der Waals surface area contributed by atoms with E-state index in [1.807, 2.05) is 0 Å². The van der Waals surface area contributed by atoms with Crippen LogP contribution in [0.25, 0.3) is 6.08 Å². The van der Waals surface area contributed by atoms with Crippen LogP contribution in [0, 0.1) is 0 Å². The van der Waals surface area contributed by atoms with Crippen molar-refractivity contribution < 1.29 is 24.5 Å². The van der Waals surface area contributed by atoms with Crippen LogP contribution < -0.4 is 4.74 Å². The van der Waals surface area contributed by atoms with Crippen LogP contribution in [-0.2, 0) is 0 Å². The Morgan fingerprint density at radius 1 is 1.32 bits per heavy atom. The predicted octanol–water partition coefficient (Wildman–Crippen LogP) is 2.30. The largest absolute Gasteiger partial charge is 0.506 e. The first kappa shape index (κ1) is 13.1. The first-order chi connectivity index (χ1) is 8.78. The number of carbonyl (C=O) groups is 2. The van der Waals surface area contributed by atoms with E-state index in [1.165, 1.54) is 6.92 Å². The Labute approximate surface area is 110 Å². The summed E-state index contributed by atoms with van der Waals surface area (Å²) in [5.74, 6) is -1.37. The van der Waals surface area contributed by atoms with Crippen molar-refractivity contribution in [2.75, 3.05) is 0 Å². The summed E-state index contributed by atoms with van der Waals surface area (Å²) in [6, 6.07) is 0. The van der Waals surface area contributed by atoms with Gasteiger partial charge in [-0.3, -0.25) is 9.59 Å². The van der Waals surface area contributed by atoms with Crippen LogP contribution in [0.3, 0.4) is 0 Å². The number of benzene rings is 1. The van der Waals surface area contributed by atoms with Crippen LogP contribution in [-0.4, -0.2) is 27.9 Å². The molecule has 0 spiro atoms. The van der Waals surface area contributed by atoms with Gasteiger partial charge in [0.15, 0.2) is 12.1 Å². The van der Waals surface area contributed by atoms with E-state index in [0.29, 0.717) is 6.29 Å². The maximum Gasteiger partial charge on any atom is 0.167 e. The molecule has 0 saturated heterocycles. The molecule has 0 atom stereocenters. The molecule has 100 valence electrons. The number of rotatable bonds is 2. The van der Waals surface area contributed by atoms with Crippen molar-refractivity contribution in [1.82, 2.24) is 0 Å². The summed E-state index contributed by atoms with van der Waals surface area (Å²) in [4.78, 5) is 22.6. The number of Topliss-reactive ketones (excluding diaryl/α,β-unsaturated/α-hetero) is 1. The fourth-order valence-corrected chi connectivity index (χ4v) is 2.03. The molecule has 0 aliphatic carbocycles. The van der Waals surface area contributed by atoms with E-state index in [9.17, 15) is 19.8 Å². The summed E-state index contributed by atoms with van der Waals surface area (Å²) >= 11 is 0. The molecule has 0 amide bonds. The van der Waals surface area contributed by atoms with Crippen LogP contribution in [0.15, 0.2) is 6.08 Å². The summed E-state index contributed by atoms with van der Waals surface area (Å²) < 4.78 is 5.59. The van der Waals surface area contributed by atoms with Gasteiger partial charge in [-0.15, -0.1) is 0 Å². The van der Waals surface area contributed by atoms with Crippen molar-refractivity contribution in [2.24, 2.45) is 0 Å². The molecule has 5 nitrogen and oxygen atoms in total. The molecule has 1 aromatic carbocycles. The second-order valence-corrected chi connectivity index (χ2v) is 4.94. The number of carbonyl (C=O) groups excluding carboxylic acids is 2. The minimum absolute atomic E-state index is 0.0856. The molecule has 5 heteroatoms. The first-order valence-corrected chi connectivity index (χ1v) is 5.74. The van der Waals surface area contributed by atoms with Gasteiger partial charge in [0, 0.05) is 0 Å². The minimum atomic E-state index is -0.665. The smallest absolute Gasteiger partial charge is 0.167 e. The van der Waals surface area contributed by atoms with Gasteiger partial charge in [0.05, 0.1) is 11.1 Å². The molecule has 1 aliphatic heterocycles. The van der Waals surface area contributed by atoms with Crippen molar-refractivity contribution in [3.8, 4) is 17.2 Å². The van der Waals surface area contributed by atoms with Crippen molar-refractivity contribution in [3.05, 3.63) is 22.8 Å². The highest BCUT2D eigenvalue weighted by molar-refractivity contribution is 6.05. The lowest BCUT2D eigenvalue weighted by atomic mass is 9.94. The summed E-state index contributed by atoms with van der Waals surface area (Å²) in [6.45, 7) is 4.75. The van der Waals surface area contributed by atoms with Gasteiger partial charge < -0.3 is 14.9 Å². The summed E-state index contributed by atoms with van der Waals surface area (Å²) in [5.41, 5.74) is -0.838. The molecule has 0 radical (unpaired) electrons. The molecule has 0 aromatic heterocycles. The molecular formula is C14H14O5. The molecule has 1 aliphatic rings. The molecule has 0 unspecified atom stereocenters. The van der Waals surface area contributed by atoms with Crippen LogP contribution in [0.2, 0.25) is 0 Å². The number of hydrogen-bond donors (Lipinski definition) is 2. The average molecular weight is 262 g/mol. The van der Waals surface area contributed by atoms with Crippen LogP contribution in [0.1, 0.15) is 47.1 Å². The van der Waals surface area contributed by atoms with Gasteiger partial charge in [-0.1, -0.05) is 0 Å². The van der Waals surface area contributed by atoms with Gasteiger partial charge >= 0.3 is 0 Å². The van der Waals surface area contributed by atoms with Gasteiger partial charge in [-0.2, -0.15) is 0 Å². The van der Waals surface area contributed by atoms with Crippen molar-refractivity contribution in [2.45, 2.75) is 26.4 Å². The van der Waals surface area contributed by atoms with Crippen LogP contribution >= 0.6 is 0 Å². The molecule has 0 fully saturated rings. The maximum absolute atomic E-state index is 11.5. The Hall–Kier alpha value is -2.30. The Morgan fingerprint density at radius 2 is 1.95 bits per heavy atom. The highest BCUT2D eigenvalue weighted by atomic mass is 16.5. The van der Waals surface area contributed by atoms with E-state index in [1.54, 1.807) is 26.0 Å². The number of hydrogen-bond acceptors (Lipinski definition) is 5. The zero-order valence-corrected chi connectivity index (χ0v) is 10.9. The second-order valence-electron chi connectivity index (χ2n) is 4.94. The fraction of sp³-hybridized carbons (Fsp3) is 0.286. The quantitative estimate of drug-likeness (QED) is 0.631. The fourth-order valence-electron chi connectivity index (χ4n) is 2.03. The zero-order chi connectivity index (χ0) is 14.4. The highest BCUT2D eigenvalue weighted by Gasteiger charge is 2.31. The first-order valence-electron chi connectivity index (χ1n) is 5.74. The molecule has 2 rings (SSSR count). The van der Waals surface area contributed by atoms with E-state index in [2.05, 4.69) is 0 Å². The molecule has 0 saturated carbocycles. The molecule has 1 aromatic rings. The summed E-state index contributed by atoms with van der Waals surface area (Å²) in [6.07, 6.45) is 3.69. The third kappa shape index (κ3) is 1.97. The molecule has 2 N–H and O–H groups in total. The van der Waals surface area contributed by atoms with E-state index in [4.69, 9.17) is 4.74 Å². The lowest BCUT2D eigenvalue weighted by molar-refractivity contribution is 0.101. The van der Waals surface area contributed by atoms with Crippen LogP contribution in [0.5, 0.6) is 17.2 Å². The van der Waals surface area contributed by atoms with Gasteiger partial charge in [0.2, 0.25) is 0 Å². The van der Waals surface area contributed by atoms with Crippen LogP contribution in [0.4, 0.5) is 0 Å². The van der Waals surface area contributed by atoms with E-state index < -0.39 is 17.1 Å². The Balaban J connectivity index is 2.84. The zero-order valence-electron chi connectivity index (χ0n) is 10.9. The Bertz CT molecular complexity index is 611. The average Bonchev–Trinajstić information content (AvgIpc) is 2.27. The summed E-state index contributed by atoms with van der Waals surface area (Å²) in [5, 5.41) is 20.0. The molecular weight excluding hydrogens is 248 g/mol. The van der Waals surface area contributed by atoms with E-state index in [-0.39, 0.29) is 28.2 Å². The Morgan fingerprint density at radius 3 is 2.47 bits per heavy atom. The predicted molar refractivity (Wildman–Crippen MR) is 68.9 cm³/mol. The summed E-state index contributed by atoms with van der Waals surface area (Å²) in [7, 11) is 0. The monoisotopic (exact) mass is 262 g/mol. The highest BCUT2D eigenvalue weighted by Crippen LogP contribution is 2.46. The standard InChI is InChI=1S/C14H14O5/c1-7(16)10-11(17)8-4-5-14(2,3)19-13(8)9(6-15)12(10)18/h4-6,17-18H,1-3H3. The number of fused-ring (bicyclic) bond motifs is 1. The topological polar surface area (TPSA) is 83.8 Å². The number of phenols is 2. The number of ether oxygens (including phenoxy) is 1. The molecule has 1 heterocycles. The normalized spacial score (nSPS) is 15.5. The van der Waals surface area contributed by atoms with Crippen molar-refractivity contribution in [3.63, 3.8) is 0 Å². The van der Waals surface area contributed by atoms with Gasteiger partial charge in [0.1, 0.15) is 28.4 Å². The number of ketones is 1. The van der Waals surface area contributed by atoms with Gasteiger partial charge in [-0.25, -0.2) is 0 Å². The lowest BCUT2D eigenvalue weighted by Gasteiger charge is -2.29. The number of aldehydes is 1. The maximum atomic E-state index is 11.5. The molecule has 0 bridgehead atoms. The second kappa shape index (κ2) is 4.12. The lowest BCUT2D eigenvalue weighted by Crippen LogP contribution is -2.28. The minimum Gasteiger partial charge on any atom is -0.506 e. The van der Waals surface area contributed by atoms with E-state index in [0.717, 1.165) is 0 Å². The third-order valence-corrected chi connectivity index (χ3v) is 2.96. The van der Waals surface area contributed by atoms with Gasteiger partial charge in [0.25, 0.3) is 0 Å². The third-order valence-electron chi connectivity index (χ3n) is 2.96. The number of phenolic OH excluding ortho intramolecular Hbond substituents is 2. The van der Waals surface area contributed by atoms with Gasteiger partial charge in [-0.05, 0) is 32.9 Å². The van der Waals surface area contributed by atoms with Crippen molar-refractivity contribution >= 4 is 18.1 Å². The number of aromatic hydroxyl groups is 2. The van der Waals surface area contributed by atoms with E-state index >= 15 is 0 Å².